The fourth-order valence-corrected chi connectivity index (χ4v) is 3.29. The van der Waals surface area contributed by atoms with E-state index >= 15 is 0 Å². The monoisotopic (exact) mass is 303 g/mol. The summed E-state index contributed by atoms with van der Waals surface area (Å²) in [5, 5.41) is 4.70. The third kappa shape index (κ3) is 3.14. The summed E-state index contributed by atoms with van der Waals surface area (Å²) in [4.78, 5) is 7.16. The van der Waals surface area contributed by atoms with Gasteiger partial charge >= 0.3 is 0 Å². The molecule has 2 heterocycles. The second-order valence-corrected chi connectivity index (χ2v) is 6.21. The number of nitrogens with one attached hydrogen (secondary N) is 1. The van der Waals surface area contributed by atoms with E-state index in [0.29, 0.717) is 5.92 Å². The molecule has 0 spiro atoms. The Morgan fingerprint density at radius 1 is 0.957 bits per heavy atom. The molecule has 116 valence electrons. The van der Waals surface area contributed by atoms with Gasteiger partial charge in [0, 0.05) is 30.7 Å². The van der Waals surface area contributed by atoms with Gasteiger partial charge in [0.1, 0.15) is 5.82 Å². The molecule has 0 amide bonds. The van der Waals surface area contributed by atoms with E-state index in [1.165, 1.54) is 17.5 Å². The number of fused-ring (bicyclic) bond motifs is 1. The molecule has 1 N–H and O–H groups in total. The lowest BCUT2D eigenvalue weighted by molar-refractivity contribution is 0.621. The highest BCUT2D eigenvalue weighted by atomic mass is 15.2. The molecule has 1 aliphatic heterocycles. The van der Waals surface area contributed by atoms with Gasteiger partial charge < -0.3 is 10.2 Å². The van der Waals surface area contributed by atoms with Crippen LogP contribution in [-0.4, -0.2) is 24.6 Å². The van der Waals surface area contributed by atoms with Crippen LogP contribution in [0.15, 0.2) is 66.7 Å². The molecule has 1 aromatic heterocycles. The van der Waals surface area contributed by atoms with Crippen molar-refractivity contribution in [1.29, 1.82) is 0 Å². The first-order valence-electron chi connectivity index (χ1n) is 8.28. The molecular weight excluding hydrogens is 282 g/mol. The maximum atomic E-state index is 4.69. The number of rotatable bonds is 4. The van der Waals surface area contributed by atoms with E-state index in [4.69, 9.17) is 0 Å². The normalized spacial score (nSPS) is 17.6. The highest BCUT2D eigenvalue weighted by Gasteiger charge is 2.22. The highest BCUT2D eigenvalue weighted by Crippen LogP contribution is 2.24. The minimum absolute atomic E-state index is 0.670. The van der Waals surface area contributed by atoms with Crippen LogP contribution in [0.2, 0.25) is 0 Å². The lowest BCUT2D eigenvalue weighted by Crippen LogP contribution is -2.22. The molecule has 23 heavy (non-hydrogen) atoms. The molecule has 3 heteroatoms. The van der Waals surface area contributed by atoms with Crippen LogP contribution in [0, 0.1) is 5.92 Å². The average Bonchev–Trinajstić information content (AvgIpc) is 3.10. The molecule has 0 aliphatic carbocycles. The Bertz CT molecular complexity index is 785. The second-order valence-electron chi connectivity index (χ2n) is 6.21. The molecule has 1 atom stereocenters. The molecular formula is C20H21N3. The van der Waals surface area contributed by atoms with E-state index in [2.05, 4.69) is 69.8 Å². The number of hydrogen-bond donors (Lipinski definition) is 1. The standard InChI is InChI=1S/C20H21N3/c1-2-7-18(8-3-1)23-13-12-16(15-23)14-21-20-11-10-17-6-4-5-9-19(17)22-20/h1-11,16H,12-15H2,(H,21,22)/t16-/m1/s1. The fraction of sp³-hybridized carbons (Fsp3) is 0.250. The largest absolute Gasteiger partial charge is 0.371 e. The lowest BCUT2D eigenvalue weighted by Gasteiger charge is -2.18. The van der Waals surface area contributed by atoms with Crippen LogP contribution >= 0.6 is 0 Å². The van der Waals surface area contributed by atoms with Crippen molar-refractivity contribution in [2.24, 2.45) is 5.92 Å². The van der Waals surface area contributed by atoms with Gasteiger partial charge in [-0.25, -0.2) is 4.98 Å². The van der Waals surface area contributed by atoms with Gasteiger partial charge in [0.05, 0.1) is 5.52 Å². The number of pyridine rings is 1. The van der Waals surface area contributed by atoms with Gasteiger partial charge in [0.2, 0.25) is 0 Å². The van der Waals surface area contributed by atoms with E-state index < -0.39 is 0 Å². The zero-order chi connectivity index (χ0) is 15.5. The van der Waals surface area contributed by atoms with Crippen molar-refractivity contribution in [3.63, 3.8) is 0 Å². The van der Waals surface area contributed by atoms with Crippen LogP contribution in [0.25, 0.3) is 10.9 Å². The minimum atomic E-state index is 0.670. The highest BCUT2D eigenvalue weighted by molar-refractivity contribution is 5.80. The Balaban J connectivity index is 1.37. The van der Waals surface area contributed by atoms with Gasteiger partial charge in [0.25, 0.3) is 0 Å². The molecule has 0 saturated carbocycles. The summed E-state index contributed by atoms with van der Waals surface area (Å²) in [6, 6.07) is 23.1. The Kier molecular flexibility index (Phi) is 3.85. The Hall–Kier alpha value is -2.55. The first-order chi connectivity index (χ1) is 11.4. The maximum Gasteiger partial charge on any atom is 0.126 e. The Morgan fingerprint density at radius 3 is 2.70 bits per heavy atom. The van der Waals surface area contributed by atoms with Gasteiger partial charge in [-0.1, -0.05) is 36.4 Å². The summed E-state index contributed by atoms with van der Waals surface area (Å²) in [6.45, 7) is 3.24. The van der Waals surface area contributed by atoms with Crippen molar-refractivity contribution in [2.75, 3.05) is 29.9 Å². The molecule has 1 saturated heterocycles. The summed E-state index contributed by atoms with van der Waals surface area (Å²) in [5.74, 6) is 1.64. The topological polar surface area (TPSA) is 28.2 Å². The molecule has 0 bridgehead atoms. The van der Waals surface area contributed by atoms with Crippen LogP contribution in [-0.2, 0) is 0 Å². The number of para-hydroxylation sites is 2. The van der Waals surface area contributed by atoms with Gasteiger partial charge in [0.15, 0.2) is 0 Å². The van der Waals surface area contributed by atoms with Crippen LogP contribution in [0.4, 0.5) is 11.5 Å². The van der Waals surface area contributed by atoms with E-state index in [0.717, 1.165) is 31.0 Å². The molecule has 3 nitrogen and oxygen atoms in total. The zero-order valence-corrected chi connectivity index (χ0v) is 13.2. The smallest absolute Gasteiger partial charge is 0.126 e. The summed E-state index contributed by atoms with van der Waals surface area (Å²) >= 11 is 0. The molecule has 1 aliphatic rings. The van der Waals surface area contributed by atoms with Crippen LogP contribution in [0.5, 0.6) is 0 Å². The lowest BCUT2D eigenvalue weighted by atomic mass is 10.1. The summed E-state index contributed by atoms with van der Waals surface area (Å²) in [5.41, 5.74) is 2.38. The summed E-state index contributed by atoms with van der Waals surface area (Å²) in [7, 11) is 0. The van der Waals surface area contributed by atoms with E-state index in [-0.39, 0.29) is 0 Å². The number of aromatic nitrogens is 1. The van der Waals surface area contributed by atoms with Crippen molar-refractivity contribution in [1.82, 2.24) is 4.98 Å². The van der Waals surface area contributed by atoms with Crippen LogP contribution in [0.1, 0.15) is 6.42 Å². The minimum Gasteiger partial charge on any atom is -0.371 e. The van der Waals surface area contributed by atoms with E-state index in [9.17, 15) is 0 Å². The predicted octanol–water partition coefficient (Wildman–Crippen LogP) is 4.17. The molecule has 4 rings (SSSR count). The first-order valence-corrected chi connectivity index (χ1v) is 8.28. The van der Waals surface area contributed by atoms with E-state index in [1.807, 2.05) is 12.1 Å². The Morgan fingerprint density at radius 2 is 1.78 bits per heavy atom. The van der Waals surface area contributed by atoms with Crippen molar-refractivity contribution < 1.29 is 0 Å². The summed E-state index contributed by atoms with van der Waals surface area (Å²) in [6.07, 6.45) is 1.23. The number of hydrogen-bond acceptors (Lipinski definition) is 3. The van der Waals surface area contributed by atoms with Gasteiger partial charge in [-0.15, -0.1) is 0 Å². The number of nitrogens with zero attached hydrogens (tertiary/aromatic N) is 2. The molecule has 0 unspecified atom stereocenters. The van der Waals surface area contributed by atoms with Gasteiger partial charge in [-0.05, 0) is 42.7 Å². The van der Waals surface area contributed by atoms with Crippen molar-refractivity contribution in [2.45, 2.75) is 6.42 Å². The molecule has 3 aromatic rings. The molecule has 2 aromatic carbocycles. The number of anilines is 2. The van der Waals surface area contributed by atoms with Crippen molar-refractivity contribution in [3.05, 3.63) is 66.7 Å². The summed E-state index contributed by atoms with van der Waals surface area (Å²) < 4.78 is 0. The molecule has 1 fully saturated rings. The fourth-order valence-electron chi connectivity index (χ4n) is 3.29. The molecule has 0 radical (unpaired) electrons. The second kappa shape index (κ2) is 6.29. The maximum absolute atomic E-state index is 4.69. The van der Waals surface area contributed by atoms with E-state index in [1.54, 1.807) is 0 Å². The quantitative estimate of drug-likeness (QED) is 0.784. The van der Waals surface area contributed by atoms with Crippen molar-refractivity contribution >= 4 is 22.4 Å². The van der Waals surface area contributed by atoms with Gasteiger partial charge in [-0.3, -0.25) is 0 Å². The van der Waals surface area contributed by atoms with Crippen LogP contribution < -0.4 is 10.2 Å². The average molecular weight is 303 g/mol. The van der Waals surface area contributed by atoms with Crippen molar-refractivity contribution in [3.8, 4) is 0 Å². The zero-order valence-electron chi connectivity index (χ0n) is 13.2. The third-order valence-corrected chi connectivity index (χ3v) is 4.58. The third-order valence-electron chi connectivity index (χ3n) is 4.58. The van der Waals surface area contributed by atoms with Crippen LogP contribution in [0.3, 0.4) is 0 Å². The predicted molar refractivity (Wildman–Crippen MR) is 97.0 cm³/mol. The van der Waals surface area contributed by atoms with Gasteiger partial charge in [-0.2, -0.15) is 0 Å². The SMILES string of the molecule is c1ccc(N2CC[C@H](CNc3ccc4ccccc4n3)C2)cc1. The number of benzene rings is 2. The first kappa shape index (κ1) is 14.1. The Labute approximate surface area is 137 Å².